The Balaban J connectivity index is 1.74. The average Bonchev–Trinajstić information content (AvgIpc) is 3.02. The summed E-state index contributed by atoms with van der Waals surface area (Å²) < 4.78 is 12.6. The van der Waals surface area contributed by atoms with Crippen LogP contribution in [-0.2, 0) is 10.8 Å². The Morgan fingerprint density at radius 2 is 1.81 bits per heavy atom. The Morgan fingerprint density at radius 3 is 2.50 bits per heavy atom. The van der Waals surface area contributed by atoms with Gasteiger partial charge in [-0.2, -0.15) is 5.10 Å². The van der Waals surface area contributed by atoms with Gasteiger partial charge in [-0.1, -0.05) is 67.6 Å². The molecule has 3 unspecified atom stereocenters. The fourth-order valence-corrected chi connectivity index (χ4v) is 5.39. The van der Waals surface area contributed by atoms with Crippen LogP contribution in [0.5, 0.6) is 0 Å². The molecule has 2 aromatic carbocycles. The standard InChI is InChI=1S/C22H24N2OS/c1-2-13-24-22(18-11-7-4-8-12-18)20-16-26(25)15-19(21(20)23-24)14-17-9-5-3-6-10-17/h3-12,14,20,22H,2,13,15-16H2,1H3/b19-14+. The minimum atomic E-state index is -0.844. The molecule has 0 aliphatic carbocycles. The molecule has 26 heavy (non-hydrogen) atoms. The average molecular weight is 365 g/mol. The first-order chi connectivity index (χ1) is 12.8. The number of rotatable bonds is 4. The third-order valence-corrected chi connectivity index (χ3v) is 6.40. The highest BCUT2D eigenvalue weighted by Gasteiger charge is 2.42. The first-order valence-corrected chi connectivity index (χ1v) is 10.8. The maximum Gasteiger partial charge on any atom is 0.0813 e. The zero-order chi connectivity index (χ0) is 17.9. The predicted octanol–water partition coefficient (Wildman–Crippen LogP) is 4.27. The van der Waals surface area contributed by atoms with E-state index in [0.717, 1.165) is 29.8 Å². The number of hydrazone groups is 1. The van der Waals surface area contributed by atoms with E-state index in [4.69, 9.17) is 5.10 Å². The Bertz CT molecular complexity index is 845. The van der Waals surface area contributed by atoms with Crippen LogP contribution < -0.4 is 0 Å². The van der Waals surface area contributed by atoms with E-state index in [1.807, 2.05) is 24.3 Å². The Labute approximate surface area is 157 Å². The largest absolute Gasteiger partial charge is 0.289 e. The number of benzene rings is 2. The van der Waals surface area contributed by atoms with Crippen LogP contribution in [0.25, 0.3) is 6.08 Å². The van der Waals surface area contributed by atoms with Crippen molar-refractivity contribution in [3.8, 4) is 0 Å². The van der Waals surface area contributed by atoms with E-state index in [1.54, 1.807) is 0 Å². The van der Waals surface area contributed by atoms with E-state index in [2.05, 4.69) is 54.4 Å². The van der Waals surface area contributed by atoms with E-state index in [9.17, 15) is 4.21 Å². The summed E-state index contributed by atoms with van der Waals surface area (Å²) in [7, 11) is -0.844. The Morgan fingerprint density at radius 1 is 1.12 bits per heavy atom. The third-order valence-electron chi connectivity index (χ3n) is 5.03. The summed E-state index contributed by atoms with van der Waals surface area (Å²) in [4.78, 5) is 0. The second-order valence-electron chi connectivity index (χ2n) is 6.94. The highest BCUT2D eigenvalue weighted by molar-refractivity contribution is 7.85. The second kappa shape index (κ2) is 7.58. The van der Waals surface area contributed by atoms with Crippen molar-refractivity contribution in [2.75, 3.05) is 18.1 Å². The zero-order valence-electron chi connectivity index (χ0n) is 15.0. The van der Waals surface area contributed by atoms with E-state index in [0.29, 0.717) is 11.5 Å². The lowest BCUT2D eigenvalue weighted by atomic mass is 9.87. The van der Waals surface area contributed by atoms with Gasteiger partial charge in [0, 0.05) is 29.0 Å². The highest BCUT2D eigenvalue weighted by Crippen LogP contribution is 2.40. The highest BCUT2D eigenvalue weighted by atomic mass is 32.2. The first kappa shape index (κ1) is 17.2. The molecule has 1 saturated heterocycles. The minimum Gasteiger partial charge on any atom is -0.289 e. The van der Waals surface area contributed by atoms with Gasteiger partial charge in [-0.25, -0.2) is 0 Å². The molecule has 1 fully saturated rings. The van der Waals surface area contributed by atoms with Crippen molar-refractivity contribution in [3.63, 3.8) is 0 Å². The van der Waals surface area contributed by atoms with Crippen molar-refractivity contribution < 1.29 is 4.21 Å². The first-order valence-electron chi connectivity index (χ1n) is 9.27. The van der Waals surface area contributed by atoms with E-state index >= 15 is 0 Å². The van der Waals surface area contributed by atoms with Gasteiger partial charge in [0.25, 0.3) is 0 Å². The van der Waals surface area contributed by atoms with Crippen LogP contribution in [0.15, 0.2) is 71.3 Å². The molecule has 2 heterocycles. The van der Waals surface area contributed by atoms with Crippen LogP contribution in [0.1, 0.15) is 30.5 Å². The molecule has 0 spiro atoms. The lowest BCUT2D eigenvalue weighted by molar-refractivity contribution is 0.209. The van der Waals surface area contributed by atoms with E-state index in [-0.39, 0.29) is 12.0 Å². The van der Waals surface area contributed by atoms with E-state index in [1.165, 1.54) is 5.56 Å². The van der Waals surface area contributed by atoms with Gasteiger partial charge in [0.15, 0.2) is 0 Å². The topological polar surface area (TPSA) is 32.7 Å². The van der Waals surface area contributed by atoms with Crippen LogP contribution >= 0.6 is 0 Å². The van der Waals surface area contributed by atoms with Crippen LogP contribution in [0.3, 0.4) is 0 Å². The van der Waals surface area contributed by atoms with E-state index < -0.39 is 10.8 Å². The SMILES string of the molecule is CCCN1N=C2/C(=C/c3ccccc3)CS(=O)CC2C1c1ccccc1. The van der Waals surface area contributed by atoms with Crippen molar-refractivity contribution in [2.45, 2.75) is 19.4 Å². The fraction of sp³-hybridized carbons (Fsp3) is 0.318. The molecule has 0 N–H and O–H groups in total. The molecule has 0 saturated carbocycles. The van der Waals surface area contributed by atoms with Crippen molar-refractivity contribution in [2.24, 2.45) is 11.0 Å². The number of hydrogen-bond donors (Lipinski definition) is 0. The van der Waals surface area contributed by atoms with Crippen LogP contribution in [-0.4, -0.2) is 33.0 Å². The van der Waals surface area contributed by atoms with Gasteiger partial charge in [0.2, 0.25) is 0 Å². The predicted molar refractivity (Wildman–Crippen MR) is 109 cm³/mol. The van der Waals surface area contributed by atoms with Gasteiger partial charge >= 0.3 is 0 Å². The lowest BCUT2D eigenvalue weighted by Gasteiger charge is -2.30. The Kier molecular flexibility index (Phi) is 5.02. The van der Waals surface area contributed by atoms with Crippen molar-refractivity contribution >= 4 is 22.6 Å². The molecule has 4 rings (SSSR count). The second-order valence-corrected chi connectivity index (χ2v) is 8.44. The molecule has 0 aromatic heterocycles. The lowest BCUT2D eigenvalue weighted by Crippen LogP contribution is -2.35. The molecule has 2 aliphatic heterocycles. The fourth-order valence-electron chi connectivity index (χ4n) is 3.95. The molecule has 0 amide bonds. The van der Waals surface area contributed by atoms with Gasteiger partial charge < -0.3 is 0 Å². The van der Waals surface area contributed by atoms with Crippen molar-refractivity contribution in [1.29, 1.82) is 0 Å². The quantitative estimate of drug-likeness (QED) is 0.811. The monoisotopic (exact) mass is 364 g/mol. The summed E-state index contributed by atoms with van der Waals surface area (Å²) in [6.45, 7) is 3.11. The van der Waals surface area contributed by atoms with Gasteiger partial charge in [-0.15, -0.1) is 0 Å². The summed E-state index contributed by atoms with van der Waals surface area (Å²) in [6, 6.07) is 21.0. The minimum absolute atomic E-state index is 0.189. The molecule has 2 aromatic rings. The summed E-state index contributed by atoms with van der Waals surface area (Å²) >= 11 is 0. The summed E-state index contributed by atoms with van der Waals surface area (Å²) in [5, 5.41) is 7.24. The van der Waals surface area contributed by atoms with Crippen molar-refractivity contribution in [3.05, 3.63) is 77.4 Å². The van der Waals surface area contributed by atoms with Crippen molar-refractivity contribution in [1.82, 2.24) is 5.01 Å². The summed E-state index contributed by atoms with van der Waals surface area (Å²) in [5.74, 6) is 1.50. The zero-order valence-corrected chi connectivity index (χ0v) is 15.9. The van der Waals surface area contributed by atoms with Gasteiger partial charge in [-0.05, 0) is 29.2 Å². The molecule has 3 nitrogen and oxygen atoms in total. The van der Waals surface area contributed by atoms with Gasteiger partial charge in [0.05, 0.1) is 17.5 Å². The third kappa shape index (κ3) is 3.38. The maximum atomic E-state index is 12.6. The summed E-state index contributed by atoms with van der Waals surface area (Å²) in [6.07, 6.45) is 3.22. The molecule has 4 heteroatoms. The molecular formula is C22H24N2OS. The van der Waals surface area contributed by atoms with Crippen LogP contribution in [0.4, 0.5) is 0 Å². The molecule has 3 atom stereocenters. The molecule has 134 valence electrons. The molecule has 0 bridgehead atoms. The van der Waals surface area contributed by atoms with Crippen LogP contribution in [0, 0.1) is 5.92 Å². The van der Waals surface area contributed by atoms with Gasteiger partial charge in [0.1, 0.15) is 0 Å². The number of fused-ring (bicyclic) bond motifs is 1. The normalized spacial score (nSPS) is 26.7. The number of nitrogens with zero attached hydrogens (tertiary/aromatic N) is 2. The Hall–Kier alpha value is -2.20. The summed E-state index contributed by atoms with van der Waals surface area (Å²) in [5.41, 5.74) is 4.68. The number of hydrogen-bond acceptors (Lipinski definition) is 3. The maximum absolute atomic E-state index is 12.6. The molecule has 2 aliphatic rings. The van der Waals surface area contributed by atoms with Crippen LogP contribution in [0.2, 0.25) is 0 Å². The molecular weight excluding hydrogens is 340 g/mol. The molecule has 0 radical (unpaired) electrons. The smallest absolute Gasteiger partial charge is 0.0813 e. The van der Waals surface area contributed by atoms with Gasteiger partial charge in [-0.3, -0.25) is 9.22 Å².